The van der Waals surface area contributed by atoms with Gasteiger partial charge in [-0.1, -0.05) is 53.5 Å². The van der Waals surface area contributed by atoms with E-state index in [4.69, 9.17) is 23.2 Å². The van der Waals surface area contributed by atoms with Crippen LogP contribution in [0.25, 0.3) is 6.08 Å². The van der Waals surface area contributed by atoms with Crippen molar-refractivity contribution in [2.75, 3.05) is 10.6 Å². The zero-order valence-electron chi connectivity index (χ0n) is 21.2. The van der Waals surface area contributed by atoms with Crippen LogP contribution in [0.4, 0.5) is 11.4 Å². The highest BCUT2D eigenvalue weighted by Gasteiger charge is 2.17. The summed E-state index contributed by atoms with van der Waals surface area (Å²) in [6.45, 7) is 1.81. The summed E-state index contributed by atoms with van der Waals surface area (Å²) >= 11 is 13.8. The number of carbonyl (C=O) groups excluding carboxylic acids is 3. The number of pyridine rings is 1. The molecule has 1 unspecified atom stereocenters. The zero-order chi connectivity index (χ0) is 28.5. The van der Waals surface area contributed by atoms with Gasteiger partial charge in [0.15, 0.2) is 0 Å². The van der Waals surface area contributed by atoms with Crippen LogP contribution in [0.2, 0.25) is 10.0 Å². The van der Waals surface area contributed by atoms with E-state index in [1.807, 2.05) is 6.92 Å². The van der Waals surface area contributed by atoms with Crippen molar-refractivity contribution < 1.29 is 14.4 Å². The minimum atomic E-state index is -0.550. The van der Waals surface area contributed by atoms with E-state index in [0.29, 0.717) is 27.5 Å². The molecule has 1 heterocycles. The number of thioether (sulfide) groups is 1. The van der Waals surface area contributed by atoms with Gasteiger partial charge in [0.2, 0.25) is 5.91 Å². The number of rotatable bonds is 9. The number of hydrogen-bond acceptors (Lipinski definition) is 5. The van der Waals surface area contributed by atoms with Gasteiger partial charge in [0.25, 0.3) is 11.8 Å². The van der Waals surface area contributed by atoms with Gasteiger partial charge in [0.1, 0.15) is 5.70 Å². The SMILES string of the molecule is CC(Sc1ccc(NC(=O)/C(=C/c2cccc(Cl)c2Cl)NC(=O)c2ccccc2)cc1)C(=O)Nc1ccncc1. The summed E-state index contributed by atoms with van der Waals surface area (Å²) in [5.74, 6) is -1.14. The average Bonchev–Trinajstić information content (AvgIpc) is 2.97. The normalized spacial score (nSPS) is 11.8. The summed E-state index contributed by atoms with van der Waals surface area (Å²) in [5, 5.41) is 8.54. The topological polar surface area (TPSA) is 100 Å². The maximum atomic E-state index is 13.3. The summed E-state index contributed by atoms with van der Waals surface area (Å²) in [6.07, 6.45) is 4.69. The summed E-state index contributed by atoms with van der Waals surface area (Å²) < 4.78 is 0. The molecule has 202 valence electrons. The van der Waals surface area contributed by atoms with Gasteiger partial charge in [-0.3, -0.25) is 19.4 Å². The minimum absolute atomic E-state index is 0.0159. The number of hydrogen-bond donors (Lipinski definition) is 3. The van der Waals surface area contributed by atoms with Gasteiger partial charge in [-0.05, 0) is 73.2 Å². The minimum Gasteiger partial charge on any atom is -0.325 e. The lowest BCUT2D eigenvalue weighted by Gasteiger charge is -2.14. The van der Waals surface area contributed by atoms with E-state index in [0.717, 1.165) is 4.90 Å². The number of amides is 3. The predicted molar refractivity (Wildman–Crippen MR) is 162 cm³/mol. The molecule has 4 aromatic rings. The van der Waals surface area contributed by atoms with Crippen molar-refractivity contribution in [1.29, 1.82) is 0 Å². The number of nitrogens with zero attached hydrogens (tertiary/aromatic N) is 1. The van der Waals surface area contributed by atoms with Crippen LogP contribution in [0.15, 0.2) is 108 Å². The molecule has 7 nitrogen and oxygen atoms in total. The molecule has 0 aliphatic carbocycles. The fraction of sp³-hybridized carbons (Fsp3) is 0.0667. The van der Waals surface area contributed by atoms with Crippen LogP contribution in [0.1, 0.15) is 22.8 Å². The highest BCUT2D eigenvalue weighted by Crippen LogP contribution is 2.28. The van der Waals surface area contributed by atoms with E-state index in [9.17, 15) is 14.4 Å². The van der Waals surface area contributed by atoms with Crippen molar-refractivity contribution in [1.82, 2.24) is 10.3 Å². The Balaban J connectivity index is 1.46. The number of nitrogens with one attached hydrogen (secondary N) is 3. The molecular formula is C30H24Cl2N4O3S. The smallest absolute Gasteiger partial charge is 0.272 e. The van der Waals surface area contributed by atoms with Crippen molar-refractivity contribution in [3.05, 3.63) is 124 Å². The third-order valence-electron chi connectivity index (χ3n) is 5.55. The molecule has 4 rings (SSSR count). The lowest BCUT2D eigenvalue weighted by molar-refractivity contribution is -0.115. The van der Waals surface area contributed by atoms with Crippen LogP contribution in [0.3, 0.4) is 0 Å². The Hall–Kier alpha value is -4.11. The maximum absolute atomic E-state index is 13.3. The van der Waals surface area contributed by atoms with E-state index in [-0.39, 0.29) is 21.9 Å². The number of aromatic nitrogens is 1. The van der Waals surface area contributed by atoms with Gasteiger partial charge < -0.3 is 16.0 Å². The highest BCUT2D eigenvalue weighted by molar-refractivity contribution is 8.00. The molecule has 0 fully saturated rings. The van der Waals surface area contributed by atoms with Gasteiger partial charge in [-0.15, -0.1) is 11.8 Å². The van der Waals surface area contributed by atoms with Crippen LogP contribution < -0.4 is 16.0 Å². The lowest BCUT2D eigenvalue weighted by Crippen LogP contribution is -2.30. The Bertz CT molecular complexity index is 1530. The molecule has 1 atom stereocenters. The molecule has 0 aliphatic heterocycles. The Labute approximate surface area is 246 Å². The number of halogens is 2. The van der Waals surface area contributed by atoms with E-state index in [1.54, 1.807) is 97.3 Å². The van der Waals surface area contributed by atoms with Crippen LogP contribution >= 0.6 is 35.0 Å². The number of carbonyl (C=O) groups is 3. The van der Waals surface area contributed by atoms with E-state index < -0.39 is 11.8 Å². The lowest BCUT2D eigenvalue weighted by atomic mass is 10.1. The van der Waals surface area contributed by atoms with E-state index >= 15 is 0 Å². The van der Waals surface area contributed by atoms with Gasteiger partial charge >= 0.3 is 0 Å². The van der Waals surface area contributed by atoms with Crippen molar-refractivity contribution in [3.8, 4) is 0 Å². The van der Waals surface area contributed by atoms with Gasteiger partial charge in [-0.25, -0.2) is 0 Å². The van der Waals surface area contributed by atoms with Crippen LogP contribution in [-0.4, -0.2) is 28.0 Å². The first-order valence-corrected chi connectivity index (χ1v) is 13.7. The van der Waals surface area contributed by atoms with Gasteiger partial charge in [-0.2, -0.15) is 0 Å². The first kappa shape index (κ1) is 28.9. The molecule has 10 heteroatoms. The summed E-state index contributed by atoms with van der Waals surface area (Å²) in [7, 11) is 0. The molecule has 40 heavy (non-hydrogen) atoms. The standard InChI is InChI=1S/C30H24Cl2N4O3S/c1-19(28(37)34-23-14-16-33-17-15-23)40-24-12-10-22(11-13-24)35-30(39)26(18-21-8-5-9-25(31)27(21)32)36-29(38)20-6-3-2-4-7-20/h2-19H,1H3,(H,35,39)(H,36,38)(H,33,34,37)/b26-18-. The molecule has 3 amide bonds. The fourth-order valence-corrected chi connectivity index (χ4v) is 4.71. The second-order valence-electron chi connectivity index (χ2n) is 8.48. The predicted octanol–water partition coefficient (Wildman–Crippen LogP) is 6.92. The molecule has 0 radical (unpaired) electrons. The highest BCUT2D eigenvalue weighted by atomic mass is 35.5. The summed E-state index contributed by atoms with van der Waals surface area (Å²) in [4.78, 5) is 43.4. The molecule has 0 bridgehead atoms. The Morgan fingerprint density at radius 2 is 1.50 bits per heavy atom. The maximum Gasteiger partial charge on any atom is 0.272 e. The third-order valence-corrected chi connectivity index (χ3v) is 7.50. The van der Waals surface area contributed by atoms with Gasteiger partial charge in [0, 0.05) is 34.2 Å². The molecule has 1 aromatic heterocycles. The summed E-state index contributed by atoms with van der Waals surface area (Å²) in [5.41, 5.74) is 2.02. The fourth-order valence-electron chi connectivity index (χ4n) is 3.48. The van der Waals surface area contributed by atoms with E-state index in [2.05, 4.69) is 20.9 Å². The molecule has 0 saturated heterocycles. The van der Waals surface area contributed by atoms with Crippen LogP contribution in [-0.2, 0) is 9.59 Å². The second kappa shape index (κ2) is 13.8. The zero-order valence-corrected chi connectivity index (χ0v) is 23.6. The molecule has 3 aromatic carbocycles. The molecular weight excluding hydrogens is 567 g/mol. The average molecular weight is 592 g/mol. The van der Waals surface area contributed by atoms with Gasteiger partial charge in [0.05, 0.1) is 15.3 Å². The van der Waals surface area contributed by atoms with Crippen LogP contribution in [0, 0.1) is 0 Å². The molecule has 0 saturated carbocycles. The largest absolute Gasteiger partial charge is 0.325 e. The Morgan fingerprint density at radius 1 is 0.825 bits per heavy atom. The number of benzene rings is 3. The molecule has 0 spiro atoms. The van der Waals surface area contributed by atoms with Crippen LogP contribution in [0.5, 0.6) is 0 Å². The molecule has 3 N–H and O–H groups in total. The second-order valence-corrected chi connectivity index (χ2v) is 10.7. The number of anilines is 2. The monoisotopic (exact) mass is 590 g/mol. The Morgan fingerprint density at radius 3 is 2.20 bits per heavy atom. The van der Waals surface area contributed by atoms with Crippen molar-refractivity contribution in [2.45, 2.75) is 17.1 Å². The van der Waals surface area contributed by atoms with Crippen molar-refractivity contribution >= 4 is 70.1 Å². The first-order chi connectivity index (χ1) is 19.3. The quantitative estimate of drug-likeness (QED) is 0.145. The Kier molecular flexibility index (Phi) is 9.96. The van der Waals surface area contributed by atoms with Crippen molar-refractivity contribution in [3.63, 3.8) is 0 Å². The first-order valence-electron chi connectivity index (χ1n) is 12.1. The molecule has 0 aliphatic rings. The summed E-state index contributed by atoms with van der Waals surface area (Å²) in [6, 6.07) is 24.0. The van der Waals surface area contributed by atoms with Crippen molar-refractivity contribution in [2.24, 2.45) is 0 Å². The third kappa shape index (κ3) is 7.95. The van der Waals surface area contributed by atoms with E-state index in [1.165, 1.54) is 17.8 Å².